The first kappa shape index (κ1) is 27.6. The summed E-state index contributed by atoms with van der Waals surface area (Å²) in [4.78, 5) is 36.5. The second kappa shape index (κ2) is 15.4. The van der Waals surface area contributed by atoms with E-state index in [0.717, 1.165) is 44.1 Å². The highest BCUT2D eigenvalue weighted by Gasteiger charge is 2.23. The van der Waals surface area contributed by atoms with Crippen LogP contribution in [0, 0.1) is 0 Å². The molecule has 7 heteroatoms. The Morgan fingerprint density at radius 2 is 1.59 bits per heavy atom. The van der Waals surface area contributed by atoms with E-state index in [1.54, 1.807) is 20.8 Å². The molecular weight excluding hydrogens is 408 g/mol. The fraction of sp³-hybridized carbons (Fsp3) is 0.640. The summed E-state index contributed by atoms with van der Waals surface area (Å²) in [6.45, 7) is 6.21. The Morgan fingerprint density at radius 1 is 0.938 bits per heavy atom. The number of hydrogen-bond acceptors (Lipinski definition) is 6. The van der Waals surface area contributed by atoms with Crippen LogP contribution in [0.3, 0.4) is 0 Å². The highest BCUT2D eigenvalue weighted by molar-refractivity contribution is 5.87. The van der Waals surface area contributed by atoms with E-state index >= 15 is 0 Å². The molecule has 180 valence electrons. The lowest BCUT2D eigenvalue weighted by Crippen LogP contribution is -2.43. The van der Waals surface area contributed by atoms with Crippen LogP contribution in [0.2, 0.25) is 0 Å². The molecule has 0 saturated carbocycles. The summed E-state index contributed by atoms with van der Waals surface area (Å²) >= 11 is 0. The summed E-state index contributed by atoms with van der Waals surface area (Å²) in [5, 5.41) is 2.71. The molecule has 0 fully saturated rings. The molecule has 0 heterocycles. The zero-order valence-corrected chi connectivity index (χ0v) is 19.9. The number of carbonyl (C=O) groups excluding carboxylic acids is 3. The first-order valence-corrected chi connectivity index (χ1v) is 11.6. The average Bonchev–Trinajstić information content (AvgIpc) is 2.73. The highest BCUT2D eigenvalue weighted by Crippen LogP contribution is 2.12. The lowest BCUT2D eigenvalue weighted by molar-refractivity contribution is -0.145. The van der Waals surface area contributed by atoms with Crippen LogP contribution in [0.4, 0.5) is 4.79 Å². The van der Waals surface area contributed by atoms with Gasteiger partial charge in [0, 0.05) is 12.8 Å². The van der Waals surface area contributed by atoms with Gasteiger partial charge in [0.2, 0.25) is 0 Å². The quantitative estimate of drug-likeness (QED) is 0.298. The maximum atomic E-state index is 12.6. The minimum atomic E-state index is -0.614. The molecule has 1 rings (SSSR count). The predicted octanol–water partition coefficient (Wildman–Crippen LogP) is 4.66. The van der Waals surface area contributed by atoms with Gasteiger partial charge in [-0.25, -0.2) is 4.79 Å². The number of ketones is 1. The van der Waals surface area contributed by atoms with Crippen LogP contribution in [0.5, 0.6) is 0 Å². The summed E-state index contributed by atoms with van der Waals surface area (Å²) < 4.78 is 10.6. The van der Waals surface area contributed by atoms with Crippen molar-refractivity contribution in [3.05, 3.63) is 35.9 Å². The van der Waals surface area contributed by atoms with Gasteiger partial charge in [-0.3, -0.25) is 9.59 Å². The summed E-state index contributed by atoms with van der Waals surface area (Å²) in [5.74, 6) is -0.193. The molecule has 0 aliphatic carbocycles. The number of nitrogens with one attached hydrogen (secondary N) is 1. The molecule has 0 aliphatic rings. The Labute approximate surface area is 192 Å². The number of benzene rings is 1. The summed E-state index contributed by atoms with van der Waals surface area (Å²) in [6, 6.07) is 9.04. The lowest BCUT2D eigenvalue weighted by atomic mass is 10.00. The van der Waals surface area contributed by atoms with Crippen LogP contribution in [0.1, 0.15) is 84.1 Å². The molecule has 0 unspecified atom stereocenters. The Kier molecular flexibility index (Phi) is 13.3. The Hall–Kier alpha value is -2.41. The van der Waals surface area contributed by atoms with E-state index in [9.17, 15) is 14.4 Å². The molecule has 1 atom stereocenters. The van der Waals surface area contributed by atoms with E-state index in [-0.39, 0.29) is 11.8 Å². The van der Waals surface area contributed by atoms with E-state index in [1.807, 2.05) is 30.3 Å². The highest BCUT2D eigenvalue weighted by atomic mass is 16.6. The van der Waals surface area contributed by atoms with Crippen molar-refractivity contribution in [2.24, 2.45) is 5.73 Å². The SMILES string of the molecule is CC(C)(C)OC(=O)N[C@@H](CCCCN)C(=O)CCCCCCC(=O)OCc1ccccc1. The zero-order chi connectivity index (χ0) is 23.8. The fourth-order valence-electron chi connectivity index (χ4n) is 3.16. The number of Topliss-reactive ketones (excluding diaryl/α,β-unsaturated/α-hetero) is 1. The van der Waals surface area contributed by atoms with Gasteiger partial charge in [-0.15, -0.1) is 0 Å². The number of rotatable bonds is 15. The molecule has 0 spiro atoms. The molecule has 1 amide bonds. The summed E-state index contributed by atoms with van der Waals surface area (Å²) in [6.07, 6.45) is 5.49. The van der Waals surface area contributed by atoms with E-state index in [0.29, 0.717) is 32.4 Å². The molecule has 3 N–H and O–H groups in total. The number of amides is 1. The molecule has 1 aromatic carbocycles. The predicted molar refractivity (Wildman–Crippen MR) is 125 cm³/mol. The third kappa shape index (κ3) is 13.8. The number of carbonyl (C=O) groups is 3. The van der Waals surface area contributed by atoms with Crippen LogP contribution < -0.4 is 11.1 Å². The lowest BCUT2D eigenvalue weighted by Gasteiger charge is -2.23. The number of alkyl carbamates (subject to hydrolysis) is 1. The van der Waals surface area contributed by atoms with Crippen LogP contribution in [0.25, 0.3) is 0 Å². The van der Waals surface area contributed by atoms with Gasteiger partial charge in [0.05, 0.1) is 6.04 Å². The number of hydrogen-bond donors (Lipinski definition) is 2. The van der Waals surface area contributed by atoms with Crippen LogP contribution in [-0.4, -0.2) is 36.0 Å². The first-order valence-electron chi connectivity index (χ1n) is 11.6. The average molecular weight is 449 g/mol. The number of unbranched alkanes of at least 4 members (excludes halogenated alkanes) is 4. The first-order chi connectivity index (χ1) is 15.2. The molecule has 0 radical (unpaired) electrons. The Bertz CT molecular complexity index is 685. The molecule has 7 nitrogen and oxygen atoms in total. The normalized spacial score (nSPS) is 12.1. The van der Waals surface area contributed by atoms with Crippen molar-refractivity contribution < 1.29 is 23.9 Å². The second-order valence-corrected chi connectivity index (χ2v) is 9.01. The van der Waals surface area contributed by atoms with Gasteiger partial charge in [0.25, 0.3) is 0 Å². The maximum Gasteiger partial charge on any atom is 0.408 e. The number of nitrogens with two attached hydrogens (primary N) is 1. The van der Waals surface area contributed by atoms with E-state index in [4.69, 9.17) is 15.2 Å². The third-order valence-corrected chi connectivity index (χ3v) is 4.82. The van der Waals surface area contributed by atoms with Crippen molar-refractivity contribution in [3.8, 4) is 0 Å². The Morgan fingerprint density at radius 3 is 2.22 bits per heavy atom. The fourth-order valence-corrected chi connectivity index (χ4v) is 3.16. The monoisotopic (exact) mass is 448 g/mol. The van der Waals surface area contributed by atoms with Crippen molar-refractivity contribution in [1.29, 1.82) is 0 Å². The molecule has 32 heavy (non-hydrogen) atoms. The van der Waals surface area contributed by atoms with Gasteiger partial charge in [0.15, 0.2) is 5.78 Å². The smallest absolute Gasteiger partial charge is 0.408 e. The van der Waals surface area contributed by atoms with Gasteiger partial charge in [-0.05, 0) is 65.0 Å². The molecule has 0 bridgehead atoms. The van der Waals surface area contributed by atoms with Crippen molar-refractivity contribution in [2.75, 3.05) is 6.54 Å². The van der Waals surface area contributed by atoms with Crippen molar-refractivity contribution >= 4 is 17.8 Å². The van der Waals surface area contributed by atoms with E-state index in [2.05, 4.69) is 5.32 Å². The molecule has 1 aromatic rings. The second-order valence-electron chi connectivity index (χ2n) is 9.01. The van der Waals surface area contributed by atoms with Gasteiger partial charge in [-0.2, -0.15) is 0 Å². The molecule has 0 aliphatic heterocycles. The minimum Gasteiger partial charge on any atom is -0.461 e. The van der Waals surface area contributed by atoms with Gasteiger partial charge in [0.1, 0.15) is 12.2 Å². The zero-order valence-electron chi connectivity index (χ0n) is 19.9. The largest absolute Gasteiger partial charge is 0.461 e. The topological polar surface area (TPSA) is 108 Å². The van der Waals surface area contributed by atoms with Gasteiger partial charge in [-0.1, -0.05) is 43.2 Å². The van der Waals surface area contributed by atoms with E-state index in [1.165, 1.54) is 0 Å². The van der Waals surface area contributed by atoms with Crippen molar-refractivity contribution in [1.82, 2.24) is 5.32 Å². The Balaban J connectivity index is 2.26. The van der Waals surface area contributed by atoms with E-state index < -0.39 is 17.7 Å². The van der Waals surface area contributed by atoms with Crippen LogP contribution in [-0.2, 0) is 25.7 Å². The van der Waals surface area contributed by atoms with Crippen molar-refractivity contribution in [3.63, 3.8) is 0 Å². The third-order valence-electron chi connectivity index (χ3n) is 4.82. The van der Waals surface area contributed by atoms with Gasteiger partial charge >= 0.3 is 12.1 Å². The van der Waals surface area contributed by atoms with Crippen molar-refractivity contribution in [2.45, 2.75) is 96.8 Å². The number of ether oxygens (including phenoxy) is 2. The number of esters is 1. The molecular formula is C25H40N2O5. The van der Waals surface area contributed by atoms with Gasteiger partial charge < -0.3 is 20.5 Å². The summed E-state index contributed by atoms with van der Waals surface area (Å²) in [7, 11) is 0. The standard InChI is InChI=1S/C25H40N2O5/c1-25(2,3)32-24(30)27-21(15-11-12-18-26)22(28)16-9-4-5-10-17-23(29)31-19-20-13-7-6-8-14-20/h6-8,13-14,21H,4-5,9-12,15-19,26H2,1-3H3,(H,27,30)/t21-/m0/s1. The maximum absolute atomic E-state index is 12.6. The minimum absolute atomic E-state index is 0.00940. The molecule has 0 saturated heterocycles. The van der Waals surface area contributed by atoms with Crippen LogP contribution >= 0.6 is 0 Å². The summed E-state index contributed by atoms with van der Waals surface area (Å²) in [5.41, 5.74) is 5.90. The molecule has 0 aromatic heterocycles. The van der Waals surface area contributed by atoms with Crippen LogP contribution in [0.15, 0.2) is 30.3 Å².